The number of rotatable bonds is 8. The predicted molar refractivity (Wildman–Crippen MR) is 59.8 cm³/mol. The summed E-state index contributed by atoms with van der Waals surface area (Å²) < 4.78 is 23.8. The van der Waals surface area contributed by atoms with Crippen molar-refractivity contribution in [3.05, 3.63) is 0 Å². The number of hydrogen-bond acceptors (Lipinski definition) is 4. The van der Waals surface area contributed by atoms with Crippen molar-refractivity contribution in [1.82, 2.24) is 9.62 Å². The summed E-state index contributed by atoms with van der Waals surface area (Å²) in [5.74, 6) is 0. The molecule has 0 aromatic heterocycles. The third-order valence-corrected chi connectivity index (χ3v) is 3.38. The summed E-state index contributed by atoms with van der Waals surface area (Å²) in [6.45, 7) is 4.28. The Morgan fingerprint density at radius 1 is 1.40 bits per heavy atom. The van der Waals surface area contributed by atoms with E-state index < -0.39 is 10.0 Å². The van der Waals surface area contributed by atoms with E-state index in [4.69, 9.17) is 5.26 Å². The molecule has 0 fully saturated rings. The van der Waals surface area contributed by atoms with Gasteiger partial charge >= 0.3 is 0 Å². The second kappa shape index (κ2) is 7.63. The van der Waals surface area contributed by atoms with Crippen LogP contribution in [-0.4, -0.2) is 45.2 Å². The van der Waals surface area contributed by atoms with Gasteiger partial charge in [-0.2, -0.15) is 5.26 Å². The van der Waals surface area contributed by atoms with Crippen molar-refractivity contribution in [3.63, 3.8) is 0 Å². The first-order valence-corrected chi connectivity index (χ1v) is 6.90. The van der Waals surface area contributed by atoms with E-state index in [2.05, 4.69) is 5.32 Å². The molecule has 1 N–H and O–H groups in total. The summed E-state index contributed by atoms with van der Waals surface area (Å²) in [4.78, 5) is 0. The van der Waals surface area contributed by atoms with E-state index in [1.54, 1.807) is 0 Å². The zero-order valence-corrected chi connectivity index (χ0v) is 10.2. The smallest absolute Gasteiger partial charge is 0.211 e. The Morgan fingerprint density at radius 2 is 2.07 bits per heavy atom. The van der Waals surface area contributed by atoms with Crippen LogP contribution < -0.4 is 5.32 Å². The quantitative estimate of drug-likeness (QED) is 0.606. The lowest BCUT2D eigenvalue weighted by Gasteiger charge is -2.17. The molecule has 0 rings (SSSR count). The zero-order chi connectivity index (χ0) is 11.7. The summed E-state index contributed by atoms with van der Waals surface area (Å²) in [5, 5.41) is 11.4. The van der Waals surface area contributed by atoms with Gasteiger partial charge in [0.05, 0.1) is 12.3 Å². The molecule has 0 radical (unpaired) electrons. The van der Waals surface area contributed by atoms with Gasteiger partial charge in [-0.25, -0.2) is 12.7 Å². The lowest BCUT2D eigenvalue weighted by atomic mass is 10.4. The first kappa shape index (κ1) is 14.4. The maximum absolute atomic E-state index is 11.2. The van der Waals surface area contributed by atoms with Crippen LogP contribution in [-0.2, 0) is 10.0 Å². The van der Waals surface area contributed by atoms with Crippen LogP contribution in [0.5, 0.6) is 0 Å². The van der Waals surface area contributed by atoms with Gasteiger partial charge in [0.25, 0.3) is 0 Å². The third kappa shape index (κ3) is 7.31. The normalized spacial score (nSPS) is 11.6. The van der Waals surface area contributed by atoms with E-state index >= 15 is 0 Å². The average Bonchev–Trinajstić information content (AvgIpc) is 2.15. The van der Waals surface area contributed by atoms with E-state index in [-0.39, 0.29) is 0 Å². The minimum Gasteiger partial charge on any atom is -0.316 e. The van der Waals surface area contributed by atoms with E-state index in [1.807, 2.05) is 13.0 Å². The van der Waals surface area contributed by atoms with Gasteiger partial charge in [-0.1, -0.05) is 6.92 Å². The van der Waals surface area contributed by atoms with Gasteiger partial charge in [-0.15, -0.1) is 0 Å². The Morgan fingerprint density at radius 3 is 2.53 bits per heavy atom. The molecule has 0 atom stereocenters. The highest BCUT2D eigenvalue weighted by Gasteiger charge is 2.12. The van der Waals surface area contributed by atoms with Crippen LogP contribution in [0.15, 0.2) is 0 Å². The molecule has 0 saturated heterocycles. The summed E-state index contributed by atoms with van der Waals surface area (Å²) in [7, 11) is -3.06. The number of nitriles is 1. The summed E-state index contributed by atoms with van der Waals surface area (Å²) >= 11 is 0. The summed E-state index contributed by atoms with van der Waals surface area (Å²) in [6, 6.07) is 2.03. The van der Waals surface area contributed by atoms with Gasteiger partial charge in [0.15, 0.2) is 0 Å². The molecule has 0 saturated carbocycles. The fourth-order valence-corrected chi connectivity index (χ4v) is 2.14. The van der Waals surface area contributed by atoms with Crippen LogP contribution >= 0.6 is 0 Å². The number of nitrogens with one attached hydrogen (secondary N) is 1. The van der Waals surface area contributed by atoms with Crippen LogP contribution in [0.2, 0.25) is 0 Å². The number of hydrogen-bond donors (Lipinski definition) is 1. The minimum absolute atomic E-state index is 0.490. The average molecular weight is 233 g/mol. The van der Waals surface area contributed by atoms with Crippen LogP contribution in [0, 0.1) is 11.3 Å². The van der Waals surface area contributed by atoms with Crippen molar-refractivity contribution in [2.45, 2.75) is 19.8 Å². The molecule has 0 aliphatic rings. The van der Waals surface area contributed by atoms with Crippen molar-refractivity contribution >= 4 is 10.0 Å². The van der Waals surface area contributed by atoms with Gasteiger partial charge in [0.1, 0.15) is 0 Å². The number of sulfonamides is 1. The largest absolute Gasteiger partial charge is 0.316 e. The minimum atomic E-state index is -3.06. The first-order valence-electron chi connectivity index (χ1n) is 5.05. The van der Waals surface area contributed by atoms with Crippen molar-refractivity contribution < 1.29 is 8.42 Å². The molecule has 0 aromatic rings. The second-order valence-corrected chi connectivity index (χ2v) is 5.25. The highest BCUT2D eigenvalue weighted by Crippen LogP contribution is 1.97. The zero-order valence-electron chi connectivity index (χ0n) is 9.36. The lowest BCUT2D eigenvalue weighted by Crippen LogP contribution is -2.32. The molecule has 0 spiro atoms. The van der Waals surface area contributed by atoms with Gasteiger partial charge in [0, 0.05) is 26.1 Å². The molecule has 0 bridgehead atoms. The molecule has 0 heterocycles. The van der Waals surface area contributed by atoms with Gasteiger partial charge in [-0.3, -0.25) is 0 Å². The van der Waals surface area contributed by atoms with Crippen LogP contribution in [0.4, 0.5) is 0 Å². The molecule has 0 aliphatic carbocycles. The molecular weight excluding hydrogens is 214 g/mol. The summed E-state index contributed by atoms with van der Waals surface area (Å²) in [6.07, 6.45) is 2.48. The highest BCUT2D eigenvalue weighted by atomic mass is 32.2. The lowest BCUT2D eigenvalue weighted by molar-refractivity contribution is 0.420. The molecular formula is C9H19N3O2S. The first-order chi connectivity index (χ1) is 7.02. The standard InChI is InChI=1S/C9H19N3O2S/c1-3-12(15(2,13)14)9-5-8-11-7-4-6-10/h11H,3-5,7-9H2,1-2H3. The molecule has 0 aliphatic heterocycles. The Balaban J connectivity index is 3.62. The van der Waals surface area contributed by atoms with Crippen molar-refractivity contribution in [1.29, 1.82) is 5.26 Å². The fraction of sp³-hybridized carbons (Fsp3) is 0.889. The Hall–Kier alpha value is -0.640. The molecule has 6 heteroatoms. The van der Waals surface area contributed by atoms with Crippen molar-refractivity contribution in [2.24, 2.45) is 0 Å². The molecule has 0 unspecified atom stereocenters. The second-order valence-electron chi connectivity index (χ2n) is 3.27. The van der Waals surface area contributed by atoms with Gasteiger partial charge < -0.3 is 5.32 Å². The molecule has 5 nitrogen and oxygen atoms in total. The van der Waals surface area contributed by atoms with E-state index in [0.717, 1.165) is 13.0 Å². The molecule has 15 heavy (non-hydrogen) atoms. The SMILES string of the molecule is CCN(CCCNCCC#N)S(C)(=O)=O. The van der Waals surface area contributed by atoms with Gasteiger partial charge in [-0.05, 0) is 13.0 Å². The Bertz CT molecular complexity index is 295. The maximum Gasteiger partial charge on any atom is 0.211 e. The van der Waals surface area contributed by atoms with Crippen LogP contribution in [0.25, 0.3) is 0 Å². The van der Waals surface area contributed by atoms with E-state index in [0.29, 0.717) is 26.1 Å². The molecule has 0 amide bonds. The summed E-state index contributed by atoms with van der Waals surface area (Å²) in [5.41, 5.74) is 0. The maximum atomic E-state index is 11.2. The highest BCUT2D eigenvalue weighted by molar-refractivity contribution is 7.88. The third-order valence-electron chi connectivity index (χ3n) is 2.00. The topological polar surface area (TPSA) is 73.2 Å². The van der Waals surface area contributed by atoms with Gasteiger partial charge in [0.2, 0.25) is 10.0 Å². The predicted octanol–water partition coefficient (Wildman–Crippen LogP) is 0.161. The Labute approximate surface area is 92.1 Å². The number of nitrogens with zero attached hydrogens (tertiary/aromatic N) is 2. The van der Waals surface area contributed by atoms with E-state index in [1.165, 1.54) is 10.6 Å². The Kier molecular flexibility index (Phi) is 7.30. The monoisotopic (exact) mass is 233 g/mol. The van der Waals surface area contributed by atoms with E-state index in [9.17, 15) is 8.42 Å². The van der Waals surface area contributed by atoms with Crippen LogP contribution in [0.3, 0.4) is 0 Å². The van der Waals surface area contributed by atoms with Crippen LogP contribution in [0.1, 0.15) is 19.8 Å². The fourth-order valence-electron chi connectivity index (χ4n) is 1.21. The molecule has 88 valence electrons. The van der Waals surface area contributed by atoms with Crippen molar-refractivity contribution in [2.75, 3.05) is 32.4 Å². The molecule has 0 aromatic carbocycles. The van der Waals surface area contributed by atoms with Crippen molar-refractivity contribution in [3.8, 4) is 6.07 Å².